The summed E-state index contributed by atoms with van der Waals surface area (Å²) in [6, 6.07) is 12.8. The number of halogens is 2. The van der Waals surface area contributed by atoms with Crippen LogP contribution in [0.4, 0.5) is 0 Å². The summed E-state index contributed by atoms with van der Waals surface area (Å²) in [7, 11) is 0. The Hall–Kier alpha value is -0.970. The smallest absolute Gasteiger partial charge is 0.335 e. The van der Waals surface area contributed by atoms with Crippen molar-refractivity contribution in [1.82, 2.24) is 0 Å². The highest BCUT2D eigenvalue weighted by molar-refractivity contribution is 9.10. The molecule has 0 aliphatic rings. The first-order valence-electron chi connectivity index (χ1n) is 5.46. The maximum atomic E-state index is 10.8. The molecule has 0 radical (unpaired) electrons. The van der Waals surface area contributed by atoms with E-state index < -0.39 is 5.97 Å². The molecule has 0 aromatic heterocycles. The van der Waals surface area contributed by atoms with Crippen LogP contribution in [0.5, 0.6) is 0 Å². The van der Waals surface area contributed by atoms with E-state index in [1.807, 2.05) is 24.3 Å². The number of carbonyl (C=O) groups is 1. The molecule has 0 atom stereocenters. The van der Waals surface area contributed by atoms with Crippen LogP contribution in [0.3, 0.4) is 0 Å². The molecule has 1 N–H and O–H groups in total. The molecule has 0 unspecified atom stereocenters. The number of benzene rings is 2. The Morgan fingerprint density at radius 3 is 2.68 bits per heavy atom. The number of carboxylic acids is 1. The molecule has 0 amide bonds. The van der Waals surface area contributed by atoms with E-state index in [-0.39, 0.29) is 5.56 Å². The average molecular weight is 358 g/mol. The molecule has 0 bridgehead atoms. The monoisotopic (exact) mass is 356 g/mol. The zero-order valence-electron chi connectivity index (χ0n) is 9.77. The van der Waals surface area contributed by atoms with Crippen molar-refractivity contribution >= 4 is 45.3 Å². The van der Waals surface area contributed by atoms with Crippen LogP contribution in [0.2, 0.25) is 5.02 Å². The van der Waals surface area contributed by atoms with Crippen molar-refractivity contribution in [3.63, 3.8) is 0 Å². The van der Waals surface area contributed by atoms with Crippen LogP contribution in [0.15, 0.2) is 51.8 Å². The molecule has 2 aromatic rings. The molecule has 0 spiro atoms. The molecule has 0 heterocycles. The first-order chi connectivity index (χ1) is 9.06. The van der Waals surface area contributed by atoms with Crippen LogP contribution in [0, 0.1) is 0 Å². The van der Waals surface area contributed by atoms with Gasteiger partial charge in [-0.05, 0) is 35.9 Å². The van der Waals surface area contributed by atoms with E-state index in [2.05, 4.69) is 15.9 Å². The third kappa shape index (κ3) is 4.00. The molecule has 0 aliphatic carbocycles. The Bertz CT molecular complexity index is 616. The molecule has 0 fully saturated rings. The Morgan fingerprint density at radius 1 is 1.26 bits per heavy atom. The number of rotatable bonds is 4. The first kappa shape index (κ1) is 14.4. The van der Waals surface area contributed by atoms with Crippen LogP contribution in [-0.4, -0.2) is 11.1 Å². The minimum atomic E-state index is -0.965. The highest BCUT2D eigenvalue weighted by atomic mass is 79.9. The minimum Gasteiger partial charge on any atom is -0.478 e. The summed E-state index contributed by atoms with van der Waals surface area (Å²) in [6.07, 6.45) is 0. The topological polar surface area (TPSA) is 37.3 Å². The van der Waals surface area contributed by atoms with E-state index in [0.717, 1.165) is 14.9 Å². The van der Waals surface area contributed by atoms with Gasteiger partial charge >= 0.3 is 5.97 Å². The Balaban J connectivity index is 2.10. The zero-order chi connectivity index (χ0) is 13.8. The second kappa shape index (κ2) is 6.46. The van der Waals surface area contributed by atoms with Crippen molar-refractivity contribution in [3.8, 4) is 0 Å². The van der Waals surface area contributed by atoms with Crippen LogP contribution in [-0.2, 0) is 5.75 Å². The number of aromatic carboxylic acids is 1. The second-order valence-electron chi connectivity index (χ2n) is 3.86. The summed E-state index contributed by atoms with van der Waals surface area (Å²) in [5.41, 5.74) is 1.14. The van der Waals surface area contributed by atoms with Gasteiger partial charge in [-0.3, -0.25) is 0 Å². The van der Waals surface area contributed by atoms with Gasteiger partial charge in [-0.25, -0.2) is 4.79 Å². The molecule has 0 aliphatic heterocycles. The lowest BCUT2D eigenvalue weighted by Gasteiger charge is -2.06. The molecule has 19 heavy (non-hydrogen) atoms. The fourth-order valence-electron chi connectivity index (χ4n) is 1.52. The van der Waals surface area contributed by atoms with Crippen molar-refractivity contribution in [2.75, 3.05) is 0 Å². The summed E-state index contributed by atoms with van der Waals surface area (Å²) in [6.45, 7) is 0. The summed E-state index contributed by atoms with van der Waals surface area (Å²) in [5.74, 6) is -0.261. The van der Waals surface area contributed by atoms with E-state index in [9.17, 15) is 4.79 Å². The van der Waals surface area contributed by atoms with Gasteiger partial charge in [0, 0.05) is 20.1 Å². The molecule has 98 valence electrons. The maximum Gasteiger partial charge on any atom is 0.335 e. The standard InChI is InChI=1S/C14H10BrClO2S/c15-11-2-1-3-12(7-11)19-8-10-5-4-9(14(17)18)6-13(10)16/h1-7H,8H2,(H,17,18). The minimum absolute atomic E-state index is 0.209. The number of carboxylic acid groups (broad SMARTS) is 1. The van der Waals surface area contributed by atoms with Gasteiger partial charge in [0.2, 0.25) is 0 Å². The summed E-state index contributed by atoms with van der Waals surface area (Å²) in [5, 5.41) is 9.36. The van der Waals surface area contributed by atoms with E-state index in [1.165, 1.54) is 6.07 Å². The van der Waals surface area contributed by atoms with E-state index in [0.29, 0.717) is 10.8 Å². The molecule has 2 aromatic carbocycles. The SMILES string of the molecule is O=C(O)c1ccc(CSc2cccc(Br)c2)c(Cl)c1. The van der Waals surface area contributed by atoms with Gasteiger partial charge in [0.1, 0.15) is 0 Å². The summed E-state index contributed by atoms with van der Waals surface area (Å²) >= 11 is 11.2. The van der Waals surface area contributed by atoms with Gasteiger partial charge in [-0.15, -0.1) is 11.8 Å². The quantitative estimate of drug-likeness (QED) is 0.774. The summed E-state index contributed by atoms with van der Waals surface area (Å²) in [4.78, 5) is 11.9. The fraction of sp³-hybridized carbons (Fsp3) is 0.0714. The molecule has 2 nitrogen and oxygen atoms in total. The highest BCUT2D eigenvalue weighted by Crippen LogP contribution is 2.28. The van der Waals surface area contributed by atoms with Crippen molar-refractivity contribution in [3.05, 3.63) is 63.1 Å². The highest BCUT2D eigenvalue weighted by Gasteiger charge is 2.07. The number of thioether (sulfide) groups is 1. The van der Waals surface area contributed by atoms with E-state index in [4.69, 9.17) is 16.7 Å². The third-order valence-corrected chi connectivity index (χ3v) is 4.38. The lowest BCUT2D eigenvalue weighted by atomic mass is 10.1. The summed E-state index contributed by atoms with van der Waals surface area (Å²) < 4.78 is 1.03. The molecule has 2 rings (SSSR count). The van der Waals surface area contributed by atoms with Gasteiger partial charge in [-0.1, -0.05) is 39.7 Å². The van der Waals surface area contributed by atoms with Gasteiger partial charge < -0.3 is 5.11 Å². The zero-order valence-corrected chi connectivity index (χ0v) is 12.9. The fourth-order valence-corrected chi connectivity index (χ4v) is 3.35. The van der Waals surface area contributed by atoms with Gasteiger partial charge in [0.05, 0.1) is 5.56 Å². The lowest BCUT2D eigenvalue weighted by molar-refractivity contribution is 0.0697. The van der Waals surface area contributed by atoms with E-state index in [1.54, 1.807) is 23.9 Å². The second-order valence-corrected chi connectivity index (χ2v) is 6.23. The van der Waals surface area contributed by atoms with Crippen LogP contribution in [0.1, 0.15) is 15.9 Å². The normalized spacial score (nSPS) is 10.4. The molecular weight excluding hydrogens is 348 g/mol. The van der Waals surface area contributed by atoms with Crippen LogP contribution >= 0.6 is 39.3 Å². The maximum absolute atomic E-state index is 10.8. The van der Waals surface area contributed by atoms with Gasteiger partial charge in [0.25, 0.3) is 0 Å². The Morgan fingerprint density at radius 2 is 2.05 bits per heavy atom. The third-order valence-electron chi connectivity index (χ3n) is 2.49. The van der Waals surface area contributed by atoms with Crippen LogP contribution < -0.4 is 0 Å². The van der Waals surface area contributed by atoms with Gasteiger partial charge in [0.15, 0.2) is 0 Å². The molecular formula is C14H10BrClO2S. The van der Waals surface area contributed by atoms with Crippen LogP contribution in [0.25, 0.3) is 0 Å². The van der Waals surface area contributed by atoms with Crippen molar-refractivity contribution in [2.45, 2.75) is 10.6 Å². The predicted octanol–water partition coefficient (Wildman–Crippen LogP) is 5.09. The number of hydrogen-bond acceptors (Lipinski definition) is 2. The lowest BCUT2D eigenvalue weighted by Crippen LogP contribution is -1.96. The van der Waals surface area contributed by atoms with Crippen molar-refractivity contribution in [2.24, 2.45) is 0 Å². The van der Waals surface area contributed by atoms with Crippen molar-refractivity contribution < 1.29 is 9.90 Å². The average Bonchev–Trinajstić information content (AvgIpc) is 2.37. The Kier molecular flexibility index (Phi) is 4.91. The molecule has 0 saturated heterocycles. The first-order valence-corrected chi connectivity index (χ1v) is 7.62. The number of hydrogen-bond donors (Lipinski definition) is 1. The van der Waals surface area contributed by atoms with E-state index >= 15 is 0 Å². The predicted molar refractivity (Wildman–Crippen MR) is 82.1 cm³/mol. The molecule has 5 heteroatoms. The van der Waals surface area contributed by atoms with Gasteiger partial charge in [-0.2, -0.15) is 0 Å². The molecule has 0 saturated carbocycles. The van der Waals surface area contributed by atoms with Crippen molar-refractivity contribution in [1.29, 1.82) is 0 Å². The Labute approximate surface area is 128 Å². The largest absolute Gasteiger partial charge is 0.478 e.